The lowest BCUT2D eigenvalue weighted by Gasteiger charge is -2.20. The lowest BCUT2D eigenvalue weighted by Crippen LogP contribution is -2.32. The Morgan fingerprint density at radius 3 is 2.40 bits per heavy atom. The average molecular weight is 145 g/mol. The van der Waals surface area contributed by atoms with E-state index in [4.69, 9.17) is 5.21 Å². The summed E-state index contributed by atoms with van der Waals surface area (Å²) in [4.78, 5) is 0. The zero-order chi connectivity index (χ0) is 8.20. The first-order valence-electron chi connectivity index (χ1n) is 3.46. The van der Waals surface area contributed by atoms with Gasteiger partial charge in [0.25, 0.3) is 0 Å². The summed E-state index contributed by atoms with van der Waals surface area (Å²) in [6.07, 6.45) is 1.50. The summed E-state index contributed by atoms with van der Waals surface area (Å²) in [6, 6.07) is 0. The van der Waals surface area contributed by atoms with Gasteiger partial charge < -0.3 is 10.3 Å². The summed E-state index contributed by atoms with van der Waals surface area (Å²) < 4.78 is 0. The normalized spacial score (nSPS) is 18.6. The van der Waals surface area contributed by atoms with Crippen LogP contribution in [0.1, 0.15) is 33.6 Å². The van der Waals surface area contributed by atoms with Gasteiger partial charge in [-0.05, 0) is 20.3 Å². The van der Waals surface area contributed by atoms with Gasteiger partial charge in [0.2, 0.25) is 0 Å². The standard InChI is InChI=1S/C7H15NO2/c1-4-5-7(3,9)6(2)8-10/h9-10H,4-5H2,1-3H3/b8-6-/t7-/m0/s1. The molecule has 60 valence electrons. The smallest absolute Gasteiger partial charge is 0.103 e. The Kier molecular flexibility index (Phi) is 3.36. The molecule has 0 bridgehead atoms. The van der Waals surface area contributed by atoms with Gasteiger partial charge in [-0.1, -0.05) is 18.5 Å². The van der Waals surface area contributed by atoms with Gasteiger partial charge in [-0.3, -0.25) is 0 Å². The Balaban J connectivity index is 4.10. The molecule has 0 heterocycles. The molecule has 0 radical (unpaired) electrons. The molecule has 0 aromatic carbocycles. The molecule has 10 heavy (non-hydrogen) atoms. The highest BCUT2D eigenvalue weighted by molar-refractivity contribution is 5.89. The molecule has 0 aliphatic carbocycles. The molecule has 0 fully saturated rings. The van der Waals surface area contributed by atoms with Crippen molar-refractivity contribution in [3.63, 3.8) is 0 Å². The lowest BCUT2D eigenvalue weighted by atomic mass is 9.96. The van der Waals surface area contributed by atoms with E-state index in [9.17, 15) is 5.11 Å². The SMILES string of the molecule is CCC[C@](C)(O)/C(C)=N\O. The van der Waals surface area contributed by atoms with Gasteiger partial charge in [0.1, 0.15) is 5.60 Å². The van der Waals surface area contributed by atoms with Crippen LogP contribution in [-0.2, 0) is 0 Å². The van der Waals surface area contributed by atoms with Crippen molar-refractivity contribution < 1.29 is 10.3 Å². The summed E-state index contributed by atoms with van der Waals surface area (Å²) in [7, 11) is 0. The van der Waals surface area contributed by atoms with Crippen molar-refractivity contribution in [3.8, 4) is 0 Å². The second kappa shape index (κ2) is 3.56. The van der Waals surface area contributed by atoms with Gasteiger partial charge in [-0.2, -0.15) is 0 Å². The first-order chi connectivity index (χ1) is 4.54. The largest absolute Gasteiger partial charge is 0.411 e. The second-order valence-corrected chi connectivity index (χ2v) is 2.71. The van der Waals surface area contributed by atoms with Crippen molar-refractivity contribution in [2.45, 2.75) is 39.2 Å². The Hall–Kier alpha value is -0.570. The first kappa shape index (κ1) is 9.43. The molecule has 3 heteroatoms. The van der Waals surface area contributed by atoms with E-state index in [2.05, 4.69) is 5.16 Å². The Labute approximate surface area is 61.4 Å². The highest BCUT2D eigenvalue weighted by Crippen LogP contribution is 2.13. The fourth-order valence-corrected chi connectivity index (χ4v) is 0.775. The number of nitrogens with zero attached hydrogens (tertiary/aromatic N) is 1. The molecule has 2 N–H and O–H groups in total. The van der Waals surface area contributed by atoms with Crippen LogP contribution in [0.5, 0.6) is 0 Å². The fraction of sp³-hybridized carbons (Fsp3) is 0.857. The number of rotatable bonds is 3. The molecule has 0 amide bonds. The van der Waals surface area contributed by atoms with Crippen molar-refractivity contribution >= 4 is 5.71 Å². The molecule has 0 saturated carbocycles. The van der Waals surface area contributed by atoms with Gasteiger partial charge in [0, 0.05) is 0 Å². The topological polar surface area (TPSA) is 52.8 Å². The van der Waals surface area contributed by atoms with Gasteiger partial charge in [-0.15, -0.1) is 0 Å². The number of oxime groups is 1. The van der Waals surface area contributed by atoms with Gasteiger partial charge in [-0.25, -0.2) is 0 Å². The third kappa shape index (κ3) is 2.35. The number of hydrogen-bond acceptors (Lipinski definition) is 3. The minimum atomic E-state index is -0.941. The van der Waals surface area contributed by atoms with Crippen LogP contribution in [0, 0.1) is 0 Å². The van der Waals surface area contributed by atoms with Crippen LogP contribution < -0.4 is 0 Å². The van der Waals surface area contributed by atoms with Crippen LogP contribution in [0.15, 0.2) is 5.16 Å². The van der Waals surface area contributed by atoms with Crippen LogP contribution in [0.3, 0.4) is 0 Å². The number of hydrogen-bond donors (Lipinski definition) is 2. The van der Waals surface area contributed by atoms with Crippen LogP contribution >= 0.6 is 0 Å². The fourth-order valence-electron chi connectivity index (χ4n) is 0.775. The third-order valence-electron chi connectivity index (χ3n) is 1.67. The molecule has 0 unspecified atom stereocenters. The van der Waals surface area contributed by atoms with E-state index in [0.717, 1.165) is 6.42 Å². The highest BCUT2D eigenvalue weighted by Gasteiger charge is 2.22. The predicted octanol–water partition coefficient (Wildman–Crippen LogP) is 1.39. The average Bonchev–Trinajstić information content (AvgIpc) is 1.86. The van der Waals surface area contributed by atoms with Gasteiger partial charge >= 0.3 is 0 Å². The van der Waals surface area contributed by atoms with Crippen molar-refractivity contribution in [3.05, 3.63) is 0 Å². The molecule has 3 nitrogen and oxygen atoms in total. The number of aliphatic hydroxyl groups is 1. The summed E-state index contributed by atoms with van der Waals surface area (Å²) in [5, 5.41) is 20.8. The maximum absolute atomic E-state index is 9.49. The van der Waals surface area contributed by atoms with Crippen LogP contribution in [0.25, 0.3) is 0 Å². The summed E-state index contributed by atoms with van der Waals surface area (Å²) in [6.45, 7) is 5.22. The van der Waals surface area contributed by atoms with Gasteiger partial charge in [0.15, 0.2) is 0 Å². The van der Waals surface area contributed by atoms with Crippen LogP contribution in [-0.4, -0.2) is 21.6 Å². The van der Waals surface area contributed by atoms with Gasteiger partial charge in [0.05, 0.1) is 5.71 Å². The van der Waals surface area contributed by atoms with E-state index in [1.807, 2.05) is 6.92 Å². The van der Waals surface area contributed by atoms with E-state index in [0.29, 0.717) is 12.1 Å². The minimum Gasteiger partial charge on any atom is -0.411 e. The molecular formula is C7H15NO2. The van der Waals surface area contributed by atoms with Crippen molar-refractivity contribution in [2.75, 3.05) is 0 Å². The summed E-state index contributed by atoms with van der Waals surface area (Å²) in [5.41, 5.74) is -0.571. The zero-order valence-corrected chi connectivity index (χ0v) is 6.76. The summed E-state index contributed by atoms with van der Waals surface area (Å²) in [5.74, 6) is 0. The first-order valence-corrected chi connectivity index (χ1v) is 3.46. The van der Waals surface area contributed by atoms with Crippen LogP contribution in [0.2, 0.25) is 0 Å². The van der Waals surface area contributed by atoms with E-state index in [1.54, 1.807) is 13.8 Å². The Morgan fingerprint density at radius 1 is 1.60 bits per heavy atom. The van der Waals surface area contributed by atoms with Crippen molar-refractivity contribution in [2.24, 2.45) is 5.16 Å². The molecule has 0 aromatic heterocycles. The molecule has 0 aromatic rings. The van der Waals surface area contributed by atoms with E-state index >= 15 is 0 Å². The highest BCUT2D eigenvalue weighted by atomic mass is 16.4. The monoisotopic (exact) mass is 145 g/mol. The van der Waals surface area contributed by atoms with Crippen molar-refractivity contribution in [1.29, 1.82) is 0 Å². The summed E-state index contributed by atoms with van der Waals surface area (Å²) >= 11 is 0. The quantitative estimate of drug-likeness (QED) is 0.358. The lowest BCUT2D eigenvalue weighted by molar-refractivity contribution is 0.116. The Morgan fingerprint density at radius 2 is 2.10 bits per heavy atom. The zero-order valence-electron chi connectivity index (χ0n) is 6.76. The van der Waals surface area contributed by atoms with E-state index in [1.165, 1.54) is 0 Å². The molecule has 0 saturated heterocycles. The van der Waals surface area contributed by atoms with E-state index in [-0.39, 0.29) is 0 Å². The van der Waals surface area contributed by atoms with E-state index < -0.39 is 5.60 Å². The molecule has 0 spiro atoms. The maximum Gasteiger partial charge on any atom is 0.103 e. The Bertz CT molecular complexity index is 130. The molecule has 0 aliphatic heterocycles. The molecule has 0 aliphatic rings. The maximum atomic E-state index is 9.49. The predicted molar refractivity (Wildman–Crippen MR) is 40.4 cm³/mol. The third-order valence-corrected chi connectivity index (χ3v) is 1.67. The molecular weight excluding hydrogens is 130 g/mol. The minimum absolute atomic E-state index is 0.370. The van der Waals surface area contributed by atoms with Crippen LogP contribution in [0.4, 0.5) is 0 Å². The second-order valence-electron chi connectivity index (χ2n) is 2.71. The molecule has 1 atom stereocenters. The van der Waals surface area contributed by atoms with Crippen molar-refractivity contribution in [1.82, 2.24) is 0 Å². The molecule has 0 rings (SSSR count).